The van der Waals surface area contributed by atoms with Gasteiger partial charge in [-0.3, -0.25) is 4.57 Å². The van der Waals surface area contributed by atoms with Crippen LogP contribution in [0.3, 0.4) is 0 Å². The molecule has 0 saturated carbocycles. The third kappa shape index (κ3) is 8.74. The van der Waals surface area contributed by atoms with Crippen molar-refractivity contribution in [2.45, 2.75) is 22.2 Å². The minimum Gasteiger partial charge on any atom is -0.396 e. The van der Waals surface area contributed by atoms with Gasteiger partial charge in [0.2, 0.25) is 0 Å². The number of aliphatic hydroxyl groups excluding tert-OH is 1. The summed E-state index contributed by atoms with van der Waals surface area (Å²) < 4.78 is 16.9. The molecule has 0 aromatic heterocycles. The first kappa shape index (κ1) is 19.0. The van der Waals surface area contributed by atoms with E-state index in [-0.39, 0.29) is 22.4 Å². The van der Waals surface area contributed by atoms with Crippen molar-refractivity contribution in [3.63, 3.8) is 0 Å². The highest BCUT2D eigenvalue weighted by Crippen LogP contribution is 2.45. The minimum atomic E-state index is -3.72. The standard InChI is InChI=1S/C8H15Br4O4P/c9-4-6(11)3-8(7(12)5-10)16-17(14,15)2-1-13/h6-8,13H,1-5H2,(H,14,15). The summed E-state index contributed by atoms with van der Waals surface area (Å²) in [5.74, 6) is 0. The molecular weight excluding hydrogens is 511 g/mol. The summed E-state index contributed by atoms with van der Waals surface area (Å²) in [7, 11) is -3.72. The average Bonchev–Trinajstić information content (AvgIpc) is 2.26. The molecular formula is C8H15Br4O4P. The van der Waals surface area contributed by atoms with E-state index in [9.17, 15) is 9.46 Å². The van der Waals surface area contributed by atoms with E-state index in [0.29, 0.717) is 11.8 Å². The molecule has 0 aliphatic heterocycles. The van der Waals surface area contributed by atoms with Crippen LogP contribution in [0.1, 0.15) is 6.42 Å². The molecule has 4 unspecified atom stereocenters. The fourth-order valence-electron chi connectivity index (χ4n) is 1.06. The molecule has 9 heteroatoms. The van der Waals surface area contributed by atoms with Crippen LogP contribution in [0.2, 0.25) is 0 Å². The molecule has 4 atom stereocenters. The second kappa shape index (κ2) is 9.86. The molecule has 0 saturated heterocycles. The Kier molecular flexibility index (Phi) is 11.0. The molecule has 0 aromatic rings. The monoisotopic (exact) mass is 522 g/mol. The van der Waals surface area contributed by atoms with Gasteiger partial charge in [-0.15, -0.1) is 0 Å². The molecule has 0 bridgehead atoms. The van der Waals surface area contributed by atoms with Crippen molar-refractivity contribution >= 4 is 71.3 Å². The molecule has 0 rings (SSSR count). The van der Waals surface area contributed by atoms with Crippen molar-refractivity contribution in [1.82, 2.24) is 0 Å². The highest BCUT2D eigenvalue weighted by molar-refractivity contribution is 9.12. The van der Waals surface area contributed by atoms with Crippen LogP contribution in [0, 0.1) is 0 Å². The SMILES string of the molecule is O=P(O)(CCO)OC(CC(Br)CBr)C(Br)CBr. The fourth-order valence-corrected chi connectivity index (χ4v) is 3.62. The molecule has 104 valence electrons. The third-order valence-corrected chi connectivity index (χ3v) is 8.08. The summed E-state index contributed by atoms with van der Waals surface area (Å²) in [6, 6.07) is 0. The Bertz CT molecular complexity index is 256. The first-order valence-corrected chi connectivity index (χ1v) is 10.7. The van der Waals surface area contributed by atoms with Gasteiger partial charge in [-0.2, -0.15) is 0 Å². The van der Waals surface area contributed by atoms with Gasteiger partial charge in [-0.1, -0.05) is 63.7 Å². The lowest BCUT2D eigenvalue weighted by molar-refractivity contribution is 0.165. The van der Waals surface area contributed by atoms with Crippen molar-refractivity contribution in [3.8, 4) is 0 Å². The van der Waals surface area contributed by atoms with E-state index in [2.05, 4.69) is 63.7 Å². The smallest absolute Gasteiger partial charge is 0.330 e. The predicted octanol–water partition coefficient (Wildman–Crippen LogP) is 3.26. The van der Waals surface area contributed by atoms with Crippen LogP contribution < -0.4 is 0 Å². The first-order valence-electron chi connectivity index (χ1n) is 4.87. The van der Waals surface area contributed by atoms with E-state index in [1.807, 2.05) is 0 Å². The molecule has 0 fully saturated rings. The zero-order chi connectivity index (χ0) is 13.5. The molecule has 0 spiro atoms. The van der Waals surface area contributed by atoms with Crippen LogP contribution in [0.5, 0.6) is 0 Å². The van der Waals surface area contributed by atoms with E-state index < -0.39 is 13.7 Å². The zero-order valence-corrected chi connectivity index (χ0v) is 16.2. The Morgan fingerprint density at radius 2 is 1.82 bits per heavy atom. The van der Waals surface area contributed by atoms with E-state index in [0.717, 1.165) is 5.33 Å². The van der Waals surface area contributed by atoms with Gasteiger partial charge in [0.15, 0.2) is 0 Å². The van der Waals surface area contributed by atoms with Crippen LogP contribution in [0.4, 0.5) is 0 Å². The lowest BCUT2D eigenvalue weighted by Crippen LogP contribution is -2.28. The maximum absolute atomic E-state index is 11.6. The molecule has 0 amide bonds. The summed E-state index contributed by atoms with van der Waals surface area (Å²) in [4.78, 5) is 9.61. The summed E-state index contributed by atoms with van der Waals surface area (Å²) in [5, 5.41) is 10.0. The Labute approximate surface area is 135 Å². The summed E-state index contributed by atoms with van der Waals surface area (Å²) in [5.41, 5.74) is 0. The fraction of sp³-hybridized carbons (Fsp3) is 1.00. The van der Waals surface area contributed by atoms with E-state index >= 15 is 0 Å². The highest BCUT2D eigenvalue weighted by atomic mass is 79.9. The van der Waals surface area contributed by atoms with Crippen molar-refractivity contribution in [3.05, 3.63) is 0 Å². The topological polar surface area (TPSA) is 66.8 Å². The lowest BCUT2D eigenvalue weighted by Gasteiger charge is -2.25. The summed E-state index contributed by atoms with van der Waals surface area (Å²) in [6.07, 6.45) is -0.0612. The molecule has 4 nitrogen and oxygen atoms in total. The van der Waals surface area contributed by atoms with Crippen molar-refractivity contribution in [2.24, 2.45) is 0 Å². The molecule has 2 N–H and O–H groups in total. The van der Waals surface area contributed by atoms with Crippen LogP contribution >= 0.6 is 71.3 Å². The van der Waals surface area contributed by atoms with Crippen LogP contribution in [-0.4, -0.2) is 49.2 Å². The maximum atomic E-state index is 11.6. The van der Waals surface area contributed by atoms with Crippen LogP contribution in [-0.2, 0) is 9.09 Å². The van der Waals surface area contributed by atoms with Gasteiger partial charge >= 0.3 is 7.60 Å². The number of hydrogen-bond acceptors (Lipinski definition) is 3. The van der Waals surface area contributed by atoms with Crippen LogP contribution in [0.15, 0.2) is 0 Å². The molecule has 0 heterocycles. The van der Waals surface area contributed by atoms with Crippen LogP contribution in [0.25, 0.3) is 0 Å². The quantitative estimate of drug-likeness (QED) is 0.358. The highest BCUT2D eigenvalue weighted by Gasteiger charge is 2.30. The van der Waals surface area contributed by atoms with Gasteiger partial charge in [0.1, 0.15) is 0 Å². The number of aliphatic hydroxyl groups is 1. The number of alkyl halides is 4. The summed E-state index contributed by atoms with van der Waals surface area (Å²) in [6.45, 7) is -0.363. The molecule has 0 aliphatic rings. The Balaban J connectivity index is 4.53. The summed E-state index contributed by atoms with van der Waals surface area (Å²) >= 11 is 13.5. The number of halogens is 4. The Morgan fingerprint density at radius 1 is 1.24 bits per heavy atom. The Hall–Kier alpha value is 2.03. The van der Waals surface area contributed by atoms with Gasteiger partial charge in [0.05, 0.1) is 23.7 Å². The minimum absolute atomic E-state index is 0.0687. The van der Waals surface area contributed by atoms with E-state index in [1.54, 1.807) is 0 Å². The second-order valence-corrected chi connectivity index (χ2v) is 9.09. The number of rotatable bonds is 9. The molecule has 0 aliphatic carbocycles. The van der Waals surface area contributed by atoms with Crippen molar-refractivity contribution in [2.75, 3.05) is 23.4 Å². The van der Waals surface area contributed by atoms with Gasteiger partial charge in [-0.05, 0) is 6.42 Å². The van der Waals surface area contributed by atoms with Crippen molar-refractivity contribution in [1.29, 1.82) is 0 Å². The molecule has 0 radical (unpaired) electrons. The molecule has 0 aromatic carbocycles. The normalized spacial score (nSPS) is 20.6. The van der Waals surface area contributed by atoms with Gasteiger partial charge in [-0.25, -0.2) is 0 Å². The maximum Gasteiger partial charge on any atom is 0.330 e. The van der Waals surface area contributed by atoms with Gasteiger partial charge in [0.25, 0.3) is 0 Å². The van der Waals surface area contributed by atoms with Crippen molar-refractivity contribution < 1.29 is 19.1 Å². The molecule has 17 heavy (non-hydrogen) atoms. The first-order chi connectivity index (χ1) is 7.86. The zero-order valence-electron chi connectivity index (χ0n) is 8.94. The third-order valence-electron chi connectivity index (χ3n) is 1.89. The Morgan fingerprint density at radius 3 is 2.24 bits per heavy atom. The van der Waals surface area contributed by atoms with Gasteiger partial charge < -0.3 is 14.5 Å². The lowest BCUT2D eigenvalue weighted by atomic mass is 10.2. The van der Waals surface area contributed by atoms with E-state index in [1.165, 1.54) is 0 Å². The van der Waals surface area contributed by atoms with Gasteiger partial charge in [0, 0.05) is 15.5 Å². The van der Waals surface area contributed by atoms with E-state index in [4.69, 9.17) is 9.63 Å². The average molecular weight is 526 g/mol. The predicted molar refractivity (Wildman–Crippen MR) is 84.3 cm³/mol. The largest absolute Gasteiger partial charge is 0.396 e. The number of hydrogen-bond donors (Lipinski definition) is 2. The second-order valence-electron chi connectivity index (χ2n) is 3.39.